The van der Waals surface area contributed by atoms with E-state index in [4.69, 9.17) is 10.2 Å². The van der Waals surface area contributed by atoms with Gasteiger partial charge in [-0.05, 0) is 26.0 Å². The summed E-state index contributed by atoms with van der Waals surface area (Å²) in [5, 5.41) is 0. The Morgan fingerprint density at radius 1 is 1.37 bits per heavy atom. The zero-order valence-corrected chi connectivity index (χ0v) is 11.4. The van der Waals surface area contributed by atoms with Gasteiger partial charge in [-0.2, -0.15) is 4.72 Å². The molecule has 3 N–H and O–H groups in total. The molecule has 6 nitrogen and oxygen atoms in total. The highest BCUT2D eigenvalue weighted by Gasteiger charge is 2.22. The molecule has 0 radical (unpaired) electrons. The Balaban J connectivity index is 2.25. The summed E-state index contributed by atoms with van der Waals surface area (Å²) in [7, 11) is -3.70. The molecular formula is C12H15N3O3S. The normalized spacial score (nSPS) is 13.4. The topological polar surface area (TPSA) is 98.2 Å². The van der Waals surface area contributed by atoms with E-state index in [1.807, 2.05) is 0 Å². The summed E-state index contributed by atoms with van der Waals surface area (Å²) < 4.78 is 32.1. The van der Waals surface area contributed by atoms with Gasteiger partial charge in [0.25, 0.3) is 0 Å². The van der Waals surface area contributed by atoms with Gasteiger partial charge in [0.1, 0.15) is 10.7 Å². The van der Waals surface area contributed by atoms with Gasteiger partial charge in [0.15, 0.2) is 0 Å². The van der Waals surface area contributed by atoms with Gasteiger partial charge in [-0.25, -0.2) is 13.4 Å². The summed E-state index contributed by atoms with van der Waals surface area (Å²) in [6.45, 7) is 3.40. The minimum Gasteiger partial charge on any atom is -0.444 e. The van der Waals surface area contributed by atoms with Crippen LogP contribution in [-0.2, 0) is 10.0 Å². The predicted octanol–water partition coefficient (Wildman–Crippen LogP) is 1.60. The molecule has 0 aliphatic heterocycles. The van der Waals surface area contributed by atoms with Crippen molar-refractivity contribution in [2.45, 2.75) is 24.8 Å². The fraction of sp³-hybridized carbons (Fsp3) is 0.250. The summed E-state index contributed by atoms with van der Waals surface area (Å²) in [5.41, 5.74) is 5.87. The minimum absolute atomic E-state index is 0.0464. The van der Waals surface area contributed by atoms with E-state index in [1.165, 1.54) is 18.3 Å². The van der Waals surface area contributed by atoms with Crippen molar-refractivity contribution in [2.75, 3.05) is 5.73 Å². The van der Waals surface area contributed by atoms with Gasteiger partial charge < -0.3 is 10.2 Å². The molecule has 1 atom stereocenters. The van der Waals surface area contributed by atoms with E-state index in [2.05, 4.69) is 9.71 Å². The van der Waals surface area contributed by atoms with Crippen LogP contribution in [-0.4, -0.2) is 13.4 Å². The lowest BCUT2D eigenvalue weighted by Gasteiger charge is -2.12. The molecule has 1 unspecified atom stereocenters. The number of nitrogens with two attached hydrogens (primary N) is 1. The van der Waals surface area contributed by atoms with Crippen molar-refractivity contribution >= 4 is 15.7 Å². The first kappa shape index (κ1) is 13.6. The van der Waals surface area contributed by atoms with Gasteiger partial charge in [0, 0.05) is 0 Å². The first-order valence-electron chi connectivity index (χ1n) is 5.69. The lowest BCUT2D eigenvalue weighted by atomic mass is 10.3. The van der Waals surface area contributed by atoms with Crippen molar-refractivity contribution in [2.24, 2.45) is 0 Å². The van der Waals surface area contributed by atoms with Crippen molar-refractivity contribution in [1.82, 2.24) is 9.71 Å². The van der Waals surface area contributed by atoms with Crippen molar-refractivity contribution in [3.05, 3.63) is 42.1 Å². The molecule has 0 saturated carbocycles. The number of benzene rings is 1. The Hall–Kier alpha value is -1.86. The second-order valence-corrected chi connectivity index (χ2v) is 5.87. The van der Waals surface area contributed by atoms with Crippen molar-refractivity contribution in [3.8, 4) is 0 Å². The number of aryl methyl sites for hydroxylation is 1. The number of anilines is 1. The smallest absolute Gasteiger partial charge is 0.243 e. The van der Waals surface area contributed by atoms with Crippen LogP contribution in [0.15, 0.2) is 39.8 Å². The van der Waals surface area contributed by atoms with E-state index in [9.17, 15) is 8.42 Å². The number of hydrogen-bond donors (Lipinski definition) is 2. The molecule has 1 aromatic carbocycles. The average Bonchev–Trinajstić information content (AvgIpc) is 2.76. The summed E-state index contributed by atoms with van der Waals surface area (Å²) >= 11 is 0. The standard InChI is InChI=1S/C12H15N3O3S/c1-8-7-14-12(18-8)9(2)15-19(16,17)11-6-4-3-5-10(11)13/h3-7,9,15H,13H2,1-2H3. The third kappa shape index (κ3) is 2.94. The maximum Gasteiger partial charge on any atom is 0.243 e. The maximum absolute atomic E-state index is 12.2. The minimum atomic E-state index is -3.70. The number of para-hydroxylation sites is 1. The molecular weight excluding hydrogens is 266 g/mol. The number of sulfonamides is 1. The van der Waals surface area contributed by atoms with Gasteiger partial charge in [-0.15, -0.1) is 0 Å². The lowest BCUT2D eigenvalue weighted by molar-refractivity contribution is 0.428. The molecule has 0 amide bonds. The molecule has 0 spiro atoms. The SMILES string of the molecule is Cc1cnc(C(C)NS(=O)(=O)c2ccccc2N)o1. The molecule has 0 aliphatic carbocycles. The predicted molar refractivity (Wildman–Crippen MR) is 70.8 cm³/mol. The number of nitrogens with zero attached hydrogens (tertiary/aromatic N) is 1. The van der Waals surface area contributed by atoms with Crippen molar-refractivity contribution in [1.29, 1.82) is 0 Å². The van der Waals surface area contributed by atoms with E-state index in [-0.39, 0.29) is 10.6 Å². The van der Waals surface area contributed by atoms with Crippen LogP contribution in [0.25, 0.3) is 0 Å². The number of rotatable bonds is 4. The average molecular weight is 281 g/mol. The highest BCUT2D eigenvalue weighted by molar-refractivity contribution is 7.89. The van der Waals surface area contributed by atoms with Crippen molar-refractivity contribution in [3.63, 3.8) is 0 Å². The third-order valence-electron chi connectivity index (χ3n) is 2.55. The Morgan fingerprint density at radius 2 is 2.05 bits per heavy atom. The van der Waals surface area contributed by atoms with Crippen molar-refractivity contribution < 1.29 is 12.8 Å². The Labute approximate surface area is 111 Å². The first-order valence-corrected chi connectivity index (χ1v) is 7.17. The largest absolute Gasteiger partial charge is 0.444 e. The van der Waals surface area contributed by atoms with Gasteiger partial charge >= 0.3 is 0 Å². The number of oxazole rings is 1. The Kier molecular flexibility index (Phi) is 3.59. The van der Waals surface area contributed by atoms with Gasteiger partial charge in [0.2, 0.25) is 15.9 Å². The molecule has 1 heterocycles. The van der Waals surface area contributed by atoms with Crippen LogP contribution in [0.2, 0.25) is 0 Å². The second-order valence-electron chi connectivity index (χ2n) is 4.19. The summed E-state index contributed by atoms with van der Waals surface area (Å²) in [4.78, 5) is 4.04. The third-order valence-corrected chi connectivity index (χ3v) is 4.16. The van der Waals surface area contributed by atoms with Crippen LogP contribution in [0.3, 0.4) is 0 Å². The molecule has 0 fully saturated rings. The molecule has 1 aromatic heterocycles. The molecule has 102 valence electrons. The zero-order valence-electron chi connectivity index (χ0n) is 10.6. The molecule has 0 aliphatic rings. The number of nitrogens with one attached hydrogen (secondary N) is 1. The van der Waals surface area contributed by atoms with E-state index >= 15 is 0 Å². The number of aromatic nitrogens is 1. The Bertz CT molecular complexity index is 679. The number of nitrogen functional groups attached to an aromatic ring is 1. The van der Waals surface area contributed by atoms with Crippen LogP contribution in [0, 0.1) is 6.92 Å². The molecule has 0 saturated heterocycles. The summed E-state index contributed by atoms with van der Waals surface area (Å²) in [6, 6.07) is 5.71. The van der Waals surface area contributed by atoms with Crippen LogP contribution >= 0.6 is 0 Å². The molecule has 2 aromatic rings. The van der Waals surface area contributed by atoms with Crippen LogP contribution in [0.1, 0.15) is 24.6 Å². The summed E-state index contributed by atoms with van der Waals surface area (Å²) in [5.74, 6) is 0.941. The van der Waals surface area contributed by atoms with Crippen LogP contribution in [0.4, 0.5) is 5.69 Å². The number of hydrogen-bond acceptors (Lipinski definition) is 5. The van der Waals surface area contributed by atoms with Crippen LogP contribution in [0.5, 0.6) is 0 Å². The highest BCUT2D eigenvalue weighted by atomic mass is 32.2. The fourth-order valence-corrected chi connectivity index (χ4v) is 2.97. The molecule has 7 heteroatoms. The summed E-state index contributed by atoms with van der Waals surface area (Å²) in [6.07, 6.45) is 1.54. The first-order chi connectivity index (χ1) is 8.90. The molecule has 19 heavy (non-hydrogen) atoms. The maximum atomic E-state index is 12.2. The van der Waals surface area contributed by atoms with Crippen LogP contribution < -0.4 is 10.5 Å². The van der Waals surface area contributed by atoms with Gasteiger partial charge in [0.05, 0.1) is 17.9 Å². The van der Waals surface area contributed by atoms with E-state index in [0.29, 0.717) is 11.7 Å². The lowest BCUT2D eigenvalue weighted by Crippen LogP contribution is -2.27. The Morgan fingerprint density at radius 3 is 2.63 bits per heavy atom. The zero-order chi connectivity index (χ0) is 14.0. The highest BCUT2D eigenvalue weighted by Crippen LogP contribution is 2.20. The van der Waals surface area contributed by atoms with Gasteiger partial charge in [-0.3, -0.25) is 0 Å². The molecule has 2 rings (SSSR count). The van der Waals surface area contributed by atoms with E-state index in [1.54, 1.807) is 26.0 Å². The quantitative estimate of drug-likeness (QED) is 0.829. The monoisotopic (exact) mass is 281 g/mol. The second kappa shape index (κ2) is 5.02. The van der Waals surface area contributed by atoms with E-state index < -0.39 is 16.1 Å². The fourth-order valence-electron chi connectivity index (χ4n) is 1.64. The molecule has 0 bridgehead atoms. The van der Waals surface area contributed by atoms with E-state index in [0.717, 1.165) is 0 Å². The van der Waals surface area contributed by atoms with Gasteiger partial charge in [-0.1, -0.05) is 12.1 Å².